The van der Waals surface area contributed by atoms with Crippen LogP contribution in [0.5, 0.6) is 0 Å². The normalized spacial score (nSPS) is 34.4. The van der Waals surface area contributed by atoms with Gasteiger partial charge in [-0.05, 0) is 62.2 Å². The van der Waals surface area contributed by atoms with Crippen molar-refractivity contribution in [3.8, 4) is 0 Å². The molecular formula is C22H35N5O2. The second-order valence-electron chi connectivity index (χ2n) is 9.81. The van der Waals surface area contributed by atoms with Crippen LogP contribution in [0.2, 0.25) is 0 Å². The third-order valence-corrected chi connectivity index (χ3v) is 8.11. The Balaban J connectivity index is 1.29. The molecule has 3 bridgehead atoms. The first kappa shape index (κ1) is 19.4. The van der Waals surface area contributed by atoms with Crippen molar-refractivity contribution < 1.29 is 9.90 Å². The van der Waals surface area contributed by atoms with Crippen LogP contribution in [0, 0.1) is 23.7 Å². The van der Waals surface area contributed by atoms with Gasteiger partial charge in [0.25, 0.3) is 5.91 Å². The molecule has 5 atom stereocenters. The van der Waals surface area contributed by atoms with Crippen LogP contribution in [-0.2, 0) is 7.05 Å². The molecule has 1 saturated heterocycles. The molecule has 0 spiro atoms. The summed E-state index contributed by atoms with van der Waals surface area (Å²) in [7, 11) is 1.93. The van der Waals surface area contributed by atoms with E-state index in [9.17, 15) is 4.79 Å². The smallest absolute Gasteiger partial charge is 0.256 e. The Labute approximate surface area is 173 Å². The van der Waals surface area contributed by atoms with E-state index in [1.807, 2.05) is 11.7 Å². The van der Waals surface area contributed by atoms with Crippen molar-refractivity contribution in [1.29, 1.82) is 0 Å². The first-order valence-electron chi connectivity index (χ1n) is 11.5. The third-order valence-electron chi connectivity index (χ3n) is 8.11. The van der Waals surface area contributed by atoms with E-state index < -0.39 is 0 Å². The molecule has 1 aromatic heterocycles. The maximum Gasteiger partial charge on any atom is 0.256 e. The number of hydrogen-bond acceptors (Lipinski definition) is 5. The lowest BCUT2D eigenvalue weighted by Gasteiger charge is -2.36. The van der Waals surface area contributed by atoms with Gasteiger partial charge in [-0.2, -0.15) is 5.10 Å². The van der Waals surface area contributed by atoms with Gasteiger partial charge in [-0.1, -0.05) is 0 Å². The number of hydrogen-bond donors (Lipinski definition) is 2. The van der Waals surface area contributed by atoms with Gasteiger partial charge in [-0.3, -0.25) is 14.4 Å². The minimum atomic E-state index is 0.0529. The second kappa shape index (κ2) is 7.91. The number of aliphatic hydroxyl groups is 1. The monoisotopic (exact) mass is 401 g/mol. The Morgan fingerprint density at radius 1 is 1.14 bits per heavy atom. The zero-order valence-electron chi connectivity index (χ0n) is 17.6. The summed E-state index contributed by atoms with van der Waals surface area (Å²) in [5.41, 5.74) is 0.715. The molecule has 3 saturated carbocycles. The summed E-state index contributed by atoms with van der Waals surface area (Å²) in [6.07, 6.45) is 9.70. The predicted octanol–water partition coefficient (Wildman–Crippen LogP) is 1.48. The van der Waals surface area contributed by atoms with Crippen LogP contribution in [0.1, 0.15) is 48.9 Å². The van der Waals surface area contributed by atoms with Crippen LogP contribution >= 0.6 is 0 Å². The highest BCUT2D eigenvalue weighted by atomic mass is 16.3. The minimum absolute atomic E-state index is 0.0529. The highest BCUT2D eigenvalue weighted by Crippen LogP contribution is 2.53. The topological polar surface area (TPSA) is 73.6 Å². The van der Waals surface area contributed by atoms with Crippen molar-refractivity contribution >= 4 is 11.7 Å². The maximum atomic E-state index is 13.3. The summed E-state index contributed by atoms with van der Waals surface area (Å²) >= 11 is 0. The number of piperazine rings is 1. The van der Waals surface area contributed by atoms with E-state index >= 15 is 0 Å². The van der Waals surface area contributed by atoms with Crippen molar-refractivity contribution in [2.45, 2.75) is 44.6 Å². The molecule has 1 aromatic rings. The number of aliphatic hydroxyl groups excluding tert-OH is 1. The summed E-state index contributed by atoms with van der Waals surface area (Å²) in [5.74, 6) is 4.31. The molecule has 7 nitrogen and oxygen atoms in total. The van der Waals surface area contributed by atoms with Crippen molar-refractivity contribution in [2.24, 2.45) is 30.7 Å². The minimum Gasteiger partial charge on any atom is -0.395 e. The summed E-state index contributed by atoms with van der Waals surface area (Å²) in [6.45, 7) is 4.45. The number of anilines is 1. The number of carbonyl (C=O) groups excluding carboxylic acids is 1. The number of nitrogens with zero attached hydrogens (tertiary/aromatic N) is 4. The first-order valence-corrected chi connectivity index (χ1v) is 11.5. The number of β-amino-alcohol motifs (C(OH)–C–C–N with tert-alkyl or cyclic N) is 1. The summed E-state index contributed by atoms with van der Waals surface area (Å²) in [4.78, 5) is 17.9. The molecule has 3 aliphatic carbocycles. The van der Waals surface area contributed by atoms with Gasteiger partial charge in [0.2, 0.25) is 0 Å². The Bertz CT molecular complexity index is 742. The third kappa shape index (κ3) is 3.67. The molecule has 29 heavy (non-hydrogen) atoms. The largest absolute Gasteiger partial charge is 0.395 e. The molecule has 5 rings (SSSR count). The van der Waals surface area contributed by atoms with Gasteiger partial charge < -0.3 is 15.3 Å². The van der Waals surface area contributed by atoms with Gasteiger partial charge in [-0.15, -0.1) is 0 Å². The van der Waals surface area contributed by atoms with Gasteiger partial charge in [0.1, 0.15) is 11.4 Å². The van der Waals surface area contributed by atoms with E-state index in [0.717, 1.165) is 62.7 Å². The number of carbonyl (C=O) groups is 1. The lowest BCUT2D eigenvalue weighted by Crippen LogP contribution is -2.48. The zero-order valence-corrected chi connectivity index (χ0v) is 17.6. The number of aromatic nitrogens is 2. The number of rotatable bonds is 5. The molecule has 5 unspecified atom stereocenters. The van der Waals surface area contributed by atoms with E-state index in [1.54, 1.807) is 6.20 Å². The van der Waals surface area contributed by atoms with E-state index in [1.165, 1.54) is 32.1 Å². The maximum absolute atomic E-state index is 13.3. The lowest BCUT2D eigenvalue weighted by molar-refractivity contribution is 0.0913. The molecule has 2 heterocycles. The predicted molar refractivity (Wildman–Crippen MR) is 112 cm³/mol. The van der Waals surface area contributed by atoms with Crippen LogP contribution in [0.25, 0.3) is 0 Å². The summed E-state index contributed by atoms with van der Waals surface area (Å²) in [5, 5.41) is 17.0. The Morgan fingerprint density at radius 2 is 1.93 bits per heavy atom. The van der Waals surface area contributed by atoms with Crippen LogP contribution in [0.3, 0.4) is 0 Å². The van der Waals surface area contributed by atoms with Crippen molar-refractivity contribution in [1.82, 2.24) is 20.0 Å². The number of nitrogens with one attached hydrogen (secondary N) is 1. The standard InChI is InChI=1S/C22H35N5O2/c1-25-22(27-6-4-26(5-7-27)8-9-28)19(14-23-25)21(29)24-20-3-2-15-10-16-12-17(11-15)18(20)13-16/h14-18,20,28H,2-13H2,1H3,(H,24,29). The number of aryl methyl sites for hydroxylation is 1. The Morgan fingerprint density at radius 3 is 2.72 bits per heavy atom. The number of fused-ring (bicyclic) bond motifs is 2. The SMILES string of the molecule is Cn1ncc(C(=O)NC2CCC3CC4CC(C3)C2C4)c1N1CCN(CCO)CC1. The van der Waals surface area contributed by atoms with Gasteiger partial charge in [0.15, 0.2) is 0 Å². The summed E-state index contributed by atoms with van der Waals surface area (Å²) in [6, 6.07) is 0.331. The fourth-order valence-corrected chi connectivity index (χ4v) is 6.81. The fourth-order valence-electron chi connectivity index (χ4n) is 6.81. The van der Waals surface area contributed by atoms with Gasteiger partial charge >= 0.3 is 0 Å². The highest BCUT2D eigenvalue weighted by molar-refractivity contribution is 5.99. The Kier molecular flexibility index (Phi) is 5.28. The van der Waals surface area contributed by atoms with Crippen LogP contribution < -0.4 is 10.2 Å². The van der Waals surface area contributed by atoms with E-state index in [0.29, 0.717) is 17.5 Å². The second-order valence-corrected chi connectivity index (χ2v) is 9.81. The summed E-state index contributed by atoms with van der Waals surface area (Å²) < 4.78 is 1.84. The van der Waals surface area contributed by atoms with Crippen molar-refractivity contribution in [3.63, 3.8) is 0 Å². The van der Waals surface area contributed by atoms with Crippen LogP contribution in [-0.4, -0.2) is 71.1 Å². The van der Waals surface area contributed by atoms with E-state index in [2.05, 4.69) is 20.2 Å². The fraction of sp³-hybridized carbons (Fsp3) is 0.818. The average molecular weight is 402 g/mol. The van der Waals surface area contributed by atoms with Gasteiger partial charge in [-0.25, -0.2) is 0 Å². The molecule has 1 aliphatic heterocycles. The molecule has 2 N–H and O–H groups in total. The van der Waals surface area contributed by atoms with Crippen molar-refractivity contribution in [3.05, 3.63) is 11.8 Å². The van der Waals surface area contributed by atoms with Crippen molar-refractivity contribution in [2.75, 3.05) is 44.2 Å². The van der Waals surface area contributed by atoms with Gasteiger partial charge in [0.05, 0.1) is 12.8 Å². The first-order chi connectivity index (χ1) is 14.1. The van der Waals surface area contributed by atoms with Crippen LogP contribution in [0.15, 0.2) is 6.20 Å². The molecule has 4 aliphatic rings. The molecular weight excluding hydrogens is 366 g/mol. The zero-order chi connectivity index (χ0) is 20.0. The Hall–Kier alpha value is -1.60. The van der Waals surface area contributed by atoms with E-state index in [-0.39, 0.29) is 12.5 Å². The average Bonchev–Trinajstić information content (AvgIpc) is 3.21. The molecule has 0 aromatic carbocycles. The molecule has 1 amide bonds. The molecule has 160 valence electrons. The highest BCUT2D eigenvalue weighted by Gasteiger charge is 2.46. The van der Waals surface area contributed by atoms with Gasteiger partial charge in [0, 0.05) is 45.8 Å². The number of amides is 1. The molecule has 7 heteroatoms. The molecule has 4 fully saturated rings. The molecule has 0 radical (unpaired) electrons. The quantitative estimate of drug-likeness (QED) is 0.782. The van der Waals surface area contributed by atoms with Crippen LogP contribution in [0.4, 0.5) is 5.82 Å². The van der Waals surface area contributed by atoms with E-state index in [4.69, 9.17) is 5.11 Å². The lowest BCUT2D eigenvalue weighted by atomic mass is 9.80.